The van der Waals surface area contributed by atoms with Gasteiger partial charge in [-0.1, -0.05) is 54.1 Å². The maximum Gasteiger partial charge on any atom is 0.329 e. The molecule has 26 heavy (non-hydrogen) atoms. The summed E-state index contributed by atoms with van der Waals surface area (Å²) in [4.78, 5) is 25.0. The molecule has 0 aliphatic heterocycles. The number of carbonyl (C=O) groups is 2. The SMILES string of the molecule is CC(C)(C)OC(=O)[C@H](Cc1ccccc1)NC(=O)Cc1cccc(Cl)c1. The fraction of sp³-hybridized carbons (Fsp3) is 0.333. The summed E-state index contributed by atoms with van der Waals surface area (Å²) in [5.74, 6) is -0.695. The summed E-state index contributed by atoms with van der Waals surface area (Å²) >= 11 is 5.96. The Morgan fingerprint density at radius 1 is 1.04 bits per heavy atom. The van der Waals surface area contributed by atoms with Gasteiger partial charge in [-0.3, -0.25) is 4.79 Å². The second kappa shape index (κ2) is 8.86. The molecule has 138 valence electrons. The maximum absolute atomic E-state index is 12.5. The maximum atomic E-state index is 12.5. The summed E-state index contributed by atoms with van der Waals surface area (Å²) in [5.41, 5.74) is 1.12. The van der Waals surface area contributed by atoms with E-state index in [1.165, 1.54) is 0 Å². The highest BCUT2D eigenvalue weighted by molar-refractivity contribution is 6.30. The van der Waals surface area contributed by atoms with Crippen molar-refractivity contribution in [1.82, 2.24) is 5.32 Å². The van der Waals surface area contributed by atoms with Crippen LogP contribution in [0.4, 0.5) is 0 Å². The van der Waals surface area contributed by atoms with Crippen LogP contribution in [0.2, 0.25) is 5.02 Å². The Labute approximate surface area is 159 Å². The average molecular weight is 374 g/mol. The van der Waals surface area contributed by atoms with Crippen molar-refractivity contribution in [3.63, 3.8) is 0 Å². The van der Waals surface area contributed by atoms with Gasteiger partial charge in [-0.15, -0.1) is 0 Å². The van der Waals surface area contributed by atoms with Crippen LogP contribution < -0.4 is 5.32 Å². The zero-order valence-electron chi connectivity index (χ0n) is 15.3. The molecule has 5 heteroatoms. The molecule has 0 bridgehead atoms. The van der Waals surface area contributed by atoms with Crippen LogP contribution >= 0.6 is 11.6 Å². The smallest absolute Gasteiger partial charge is 0.329 e. The van der Waals surface area contributed by atoms with Crippen molar-refractivity contribution < 1.29 is 14.3 Å². The van der Waals surface area contributed by atoms with Gasteiger partial charge in [0.05, 0.1) is 6.42 Å². The summed E-state index contributed by atoms with van der Waals surface area (Å²) < 4.78 is 5.47. The average Bonchev–Trinajstić information content (AvgIpc) is 2.53. The monoisotopic (exact) mass is 373 g/mol. The molecule has 0 heterocycles. The minimum Gasteiger partial charge on any atom is -0.458 e. The van der Waals surface area contributed by atoms with E-state index >= 15 is 0 Å². The Hall–Kier alpha value is -2.33. The lowest BCUT2D eigenvalue weighted by Gasteiger charge is -2.24. The topological polar surface area (TPSA) is 55.4 Å². The first-order chi connectivity index (χ1) is 12.2. The largest absolute Gasteiger partial charge is 0.458 e. The van der Waals surface area contributed by atoms with Gasteiger partial charge in [-0.2, -0.15) is 0 Å². The van der Waals surface area contributed by atoms with Gasteiger partial charge < -0.3 is 10.1 Å². The molecule has 0 saturated heterocycles. The van der Waals surface area contributed by atoms with E-state index in [4.69, 9.17) is 16.3 Å². The van der Waals surface area contributed by atoms with Gasteiger partial charge in [-0.25, -0.2) is 4.79 Å². The standard InChI is InChI=1S/C21H24ClNO3/c1-21(2,3)26-20(25)18(13-15-8-5-4-6-9-15)23-19(24)14-16-10-7-11-17(22)12-16/h4-12,18H,13-14H2,1-3H3,(H,23,24)/t18-/m0/s1. The van der Waals surface area contributed by atoms with E-state index in [0.717, 1.165) is 11.1 Å². The van der Waals surface area contributed by atoms with Crippen molar-refractivity contribution in [2.75, 3.05) is 0 Å². The molecule has 0 aliphatic rings. The number of esters is 1. The molecule has 0 saturated carbocycles. The highest BCUT2D eigenvalue weighted by atomic mass is 35.5. The highest BCUT2D eigenvalue weighted by Gasteiger charge is 2.27. The van der Waals surface area contributed by atoms with E-state index in [1.54, 1.807) is 39.0 Å². The van der Waals surface area contributed by atoms with Crippen LogP contribution in [0.25, 0.3) is 0 Å². The minimum absolute atomic E-state index is 0.147. The van der Waals surface area contributed by atoms with Crippen molar-refractivity contribution in [2.24, 2.45) is 0 Å². The van der Waals surface area contributed by atoms with Crippen LogP contribution in [0.15, 0.2) is 54.6 Å². The molecule has 4 nitrogen and oxygen atoms in total. The second-order valence-electron chi connectivity index (χ2n) is 7.15. The Morgan fingerprint density at radius 2 is 1.69 bits per heavy atom. The predicted octanol–water partition coefficient (Wildman–Crippen LogP) is 3.95. The van der Waals surface area contributed by atoms with E-state index in [-0.39, 0.29) is 12.3 Å². The molecule has 2 aromatic rings. The first-order valence-electron chi connectivity index (χ1n) is 8.53. The van der Waals surface area contributed by atoms with Crippen molar-refractivity contribution in [2.45, 2.75) is 45.3 Å². The Balaban J connectivity index is 2.09. The number of nitrogens with one attached hydrogen (secondary N) is 1. The molecular formula is C21H24ClNO3. The summed E-state index contributed by atoms with van der Waals surface area (Å²) in [7, 11) is 0. The fourth-order valence-electron chi connectivity index (χ4n) is 2.49. The number of benzene rings is 2. The lowest BCUT2D eigenvalue weighted by molar-refractivity contribution is -0.158. The summed E-state index contributed by atoms with van der Waals surface area (Å²) in [6, 6.07) is 15.9. The number of carbonyl (C=O) groups excluding carboxylic acids is 2. The predicted molar refractivity (Wildman–Crippen MR) is 103 cm³/mol. The highest BCUT2D eigenvalue weighted by Crippen LogP contribution is 2.13. The van der Waals surface area contributed by atoms with Crippen molar-refractivity contribution in [1.29, 1.82) is 0 Å². The van der Waals surface area contributed by atoms with Crippen LogP contribution in [-0.4, -0.2) is 23.5 Å². The van der Waals surface area contributed by atoms with Gasteiger partial charge in [0.2, 0.25) is 5.91 Å². The molecule has 1 atom stereocenters. The zero-order chi connectivity index (χ0) is 19.2. The van der Waals surface area contributed by atoms with Crippen LogP contribution in [0.5, 0.6) is 0 Å². The number of halogens is 1. The van der Waals surface area contributed by atoms with Gasteiger partial charge in [-0.05, 0) is 44.0 Å². The number of amides is 1. The van der Waals surface area contributed by atoms with E-state index < -0.39 is 17.6 Å². The Morgan fingerprint density at radius 3 is 2.31 bits per heavy atom. The summed E-state index contributed by atoms with van der Waals surface area (Å²) in [5, 5.41) is 3.37. The fourth-order valence-corrected chi connectivity index (χ4v) is 2.71. The minimum atomic E-state index is -0.747. The molecule has 1 amide bonds. The Kier molecular flexibility index (Phi) is 6.81. The van der Waals surface area contributed by atoms with E-state index in [1.807, 2.05) is 36.4 Å². The quantitative estimate of drug-likeness (QED) is 0.780. The van der Waals surface area contributed by atoms with Crippen molar-refractivity contribution >= 4 is 23.5 Å². The van der Waals surface area contributed by atoms with Crippen LogP contribution in [0.3, 0.4) is 0 Å². The number of rotatable bonds is 6. The Bertz CT molecular complexity index is 753. The molecule has 2 aromatic carbocycles. The van der Waals surface area contributed by atoms with Gasteiger partial charge in [0.25, 0.3) is 0 Å². The molecular weight excluding hydrogens is 350 g/mol. The van der Waals surface area contributed by atoms with Crippen LogP contribution in [-0.2, 0) is 27.2 Å². The molecule has 1 N–H and O–H groups in total. The van der Waals surface area contributed by atoms with Crippen LogP contribution in [0, 0.1) is 0 Å². The summed E-state index contributed by atoms with van der Waals surface area (Å²) in [6.45, 7) is 5.41. The van der Waals surface area contributed by atoms with Gasteiger partial charge in [0, 0.05) is 11.4 Å². The molecule has 0 aromatic heterocycles. The third-order valence-corrected chi connectivity index (χ3v) is 3.80. The third kappa shape index (κ3) is 6.89. The summed E-state index contributed by atoms with van der Waals surface area (Å²) in [6.07, 6.45) is 0.520. The number of ether oxygens (including phenoxy) is 1. The third-order valence-electron chi connectivity index (χ3n) is 3.56. The van der Waals surface area contributed by atoms with Crippen molar-refractivity contribution in [3.8, 4) is 0 Å². The molecule has 0 aliphatic carbocycles. The lowest BCUT2D eigenvalue weighted by Crippen LogP contribution is -2.46. The zero-order valence-corrected chi connectivity index (χ0v) is 16.0. The second-order valence-corrected chi connectivity index (χ2v) is 7.59. The first-order valence-corrected chi connectivity index (χ1v) is 8.91. The normalized spacial score (nSPS) is 12.3. The van der Waals surface area contributed by atoms with E-state index in [9.17, 15) is 9.59 Å². The molecule has 0 fully saturated rings. The molecule has 0 radical (unpaired) electrons. The first kappa shape index (κ1) is 20.0. The van der Waals surface area contributed by atoms with Gasteiger partial charge >= 0.3 is 5.97 Å². The van der Waals surface area contributed by atoms with E-state index in [0.29, 0.717) is 11.4 Å². The molecule has 2 rings (SSSR count). The van der Waals surface area contributed by atoms with Crippen LogP contribution in [0.1, 0.15) is 31.9 Å². The van der Waals surface area contributed by atoms with Crippen molar-refractivity contribution in [3.05, 3.63) is 70.7 Å². The lowest BCUT2D eigenvalue weighted by atomic mass is 10.0. The van der Waals surface area contributed by atoms with Gasteiger partial charge in [0.1, 0.15) is 11.6 Å². The number of hydrogen-bond donors (Lipinski definition) is 1. The molecule has 0 unspecified atom stereocenters. The number of hydrogen-bond acceptors (Lipinski definition) is 3. The van der Waals surface area contributed by atoms with Gasteiger partial charge in [0.15, 0.2) is 0 Å². The molecule has 0 spiro atoms. The van der Waals surface area contributed by atoms with E-state index in [2.05, 4.69) is 5.32 Å².